The fourth-order valence-electron chi connectivity index (χ4n) is 1.53. The second-order valence-corrected chi connectivity index (χ2v) is 3.95. The Hall–Kier alpha value is -2.08. The van der Waals surface area contributed by atoms with Gasteiger partial charge in [0.15, 0.2) is 5.82 Å². The molecular formula is C13H17N3O3. The molecule has 0 bridgehead atoms. The molecule has 0 radical (unpaired) electrons. The van der Waals surface area contributed by atoms with Crippen LogP contribution in [0.15, 0.2) is 28.8 Å². The number of ether oxygens (including phenoxy) is 1. The number of aromatic hydroxyl groups is 1. The minimum Gasteiger partial charge on any atom is -0.508 e. The van der Waals surface area contributed by atoms with Gasteiger partial charge < -0.3 is 19.7 Å². The van der Waals surface area contributed by atoms with Crippen LogP contribution in [0, 0.1) is 0 Å². The lowest BCUT2D eigenvalue weighted by molar-refractivity contribution is 0.149. The van der Waals surface area contributed by atoms with Crippen molar-refractivity contribution in [2.75, 3.05) is 18.5 Å². The molecule has 0 atom stereocenters. The lowest BCUT2D eigenvalue weighted by atomic mass is 10.3. The van der Waals surface area contributed by atoms with Gasteiger partial charge in [-0.3, -0.25) is 0 Å². The van der Waals surface area contributed by atoms with E-state index in [-0.39, 0.29) is 5.75 Å². The van der Waals surface area contributed by atoms with Crippen molar-refractivity contribution in [2.24, 2.45) is 0 Å². The highest BCUT2D eigenvalue weighted by Gasteiger charge is 2.05. The largest absolute Gasteiger partial charge is 0.508 e. The Morgan fingerprint density at radius 2 is 2.11 bits per heavy atom. The maximum absolute atomic E-state index is 9.17. The van der Waals surface area contributed by atoms with Crippen LogP contribution in [-0.4, -0.2) is 28.5 Å². The first-order valence-corrected chi connectivity index (χ1v) is 6.20. The highest BCUT2D eigenvalue weighted by atomic mass is 16.5. The number of rotatable bonds is 7. The van der Waals surface area contributed by atoms with E-state index in [9.17, 15) is 0 Å². The summed E-state index contributed by atoms with van der Waals surface area (Å²) in [6, 6.07) is 6.79. The van der Waals surface area contributed by atoms with Gasteiger partial charge in [-0.05, 0) is 31.2 Å². The quantitative estimate of drug-likeness (QED) is 0.587. The predicted octanol–water partition coefficient (Wildman–Crippen LogP) is 1.97. The summed E-state index contributed by atoms with van der Waals surface area (Å²) in [5, 5.41) is 16.2. The molecule has 6 heteroatoms. The SMILES string of the molecule is CCOCCc1noc(CNc2ccc(O)cc2)n1. The van der Waals surface area contributed by atoms with E-state index in [1.165, 1.54) is 0 Å². The van der Waals surface area contributed by atoms with Gasteiger partial charge >= 0.3 is 0 Å². The molecule has 0 aliphatic rings. The molecular weight excluding hydrogens is 246 g/mol. The summed E-state index contributed by atoms with van der Waals surface area (Å²) in [4.78, 5) is 4.25. The van der Waals surface area contributed by atoms with Crippen LogP contribution in [-0.2, 0) is 17.7 Å². The normalized spacial score (nSPS) is 10.6. The molecule has 2 rings (SSSR count). The van der Waals surface area contributed by atoms with Gasteiger partial charge in [0, 0.05) is 18.7 Å². The molecule has 2 N–H and O–H groups in total. The lowest BCUT2D eigenvalue weighted by Gasteiger charge is -2.02. The van der Waals surface area contributed by atoms with Crippen molar-refractivity contribution in [3.8, 4) is 5.75 Å². The number of anilines is 1. The van der Waals surface area contributed by atoms with Crippen LogP contribution < -0.4 is 5.32 Å². The first kappa shape index (κ1) is 13.4. The van der Waals surface area contributed by atoms with Crippen LogP contribution in [0.1, 0.15) is 18.6 Å². The topological polar surface area (TPSA) is 80.4 Å². The van der Waals surface area contributed by atoms with Gasteiger partial charge in [0.05, 0.1) is 13.2 Å². The number of nitrogens with zero attached hydrogens (tertiary/aromatic N) is 2. The van der Waals surface area contributed by atoms with E-state index in [4.69, 9.17) is 14.4 Å². The maximum Gasteiger partial charge on any atom is 0.245 e. The number of hydrogen-bond donors (Lipinski definition) is 2. The molecule has 6 nitrogen and oxygen atoms in total. The molecule has 0 fully saturated rings. The molecule has 1 aromatic carbocycles. The van der Waals surface area contributed by atoms with Gasteiger partial charge in [-0.15, -0.1) is 0 Å². The van der Waals surface area contributed by atoms with Crippen molar-refractivity contribution in [3.05, 3.63) is 36.0 Å². The van der Waals surface area contributed by atoms with E-state index < -0.39 is 0 Å². The second kappa shape index (κ2) is 6.75. The highest BCUT2D eigenvalue weighted by Crippen LogP contribution is 2.14. The van der Waals surface area contributed by atoms with Gasteiger partial charge in [-0.1, -0.05) is 5.16 Å². The summed E-state index contributed by atoms with van der Waals surface area (Å²) in [7, 11) is 0. The monoisotopic (exact) mass is 263 g/mol. The van der Waals surface area contributed by atoms with Crippen LogP contribution >= 0.6 is 0 Å². The zero-order valence-electron chi connectivity index (χ0n) is 10.8. The number of hydrogen-bond acceptors (Lipinski definition) is 6. The van der Waals surface area contributed by atoms with Gasteiger partial charge in [-0.25, -0.2) is 0 Å². The van der Waals surface area contributed by atoms with Gasteiger partial charge in [0.25, 0.3) is 0 Å². The molecule has 102 valence electrons. The summed E-state index contributed by atoms with van der Waals surface area (Å²) in [6.07, 6.45) is 0.649. The minimum absolute atomic E-state index is 0.238. The Balaban J connectivity index is 1.81. The van der Waals surface area contributed by atoms with Crippen LogP contribution in [0.3, 0.4) is 0 Å². The molecule has 0 aliphatic carbocycles. The number of benzene rings is 1. The average molecular weight is 263 g/mol. The van der Waals surface area contributed by atoms with Crippen molar-refractivity contribution < 1.29 is 14.4 Å². The second-order valence-electron chi connectivity index (χ2n) is 3.95. The predicted molar refractivity (Wildman–Crippen MR) is 69.9 cm³/mol. The summed E-state index contributed by atoms with van der Waals surface area (Å²) in [6.45, 7) is 3.68. The van der Waals surface area contributed by atoms with Crippen molar-refractivity contribution in [1.29, 1.82) is 0 Å². The highest BCUT2D eigenvalue weighted by molar-refractivity contribution is 5.45. The molecule has 0 aliphatic heterocycles. The zero-order valence-corrected chi connectivity index (χ0v) is 10.8. The van der Waals surface area contributed by atoms with Gasteiger partial charge in [0.1, 0.15) is 5.75 Å². The molecule has 0 amide bonds. The molecule has 0 saturated heterocycles. The third kappa shape index (κ3) is 4.26. The molecule has 0 unspecified atom stereocenters. The molecule has 1 heterocycles. The van der Waals surface area contributed by atoms with Crippen molar-refractivity contribution in [1.82, 2.24) is 10.1 Å². The maximum atomic E-state index is 9.17. The Kier molecular flexibility index (Phi) is 4.74. The third-order valence-corrected chi connectivity index (χ3v) is 2.50. The van der Waals surface area contributed by atoms with Crippen LogP contribution in [0.25, 0.3) is 0 Å². The Morgan fingerprint density at radius 1 is 1.32 bits per heavy atom. The van der Waals surface area contributed by atoms with E-state index >= 15 is 0 Å². The number of nitrogens with one attached hydrogen (secondary N) is 1. The summed E-state index contributed by atoms with van der Waals surface area (Å²) >= 11 is 0. The van der Waals surface area contributed by atoms with Gasteiger partial charge in [0.2, 0.25) is 5.89 Å². The number of phenolic OH excluding ortho intramolecular Hbond substituents is 1. The van der Waals surface area contributed by atoms with Crippen LogP contribution in [0.2, 0.25) is 0 Å². The van der Waals surface area contributed by atoms with Crippen molar-refractivity contribution in [2.45, 2.75) is 19.9 Å². The van der Waals surface area contributed by atoms with Crippen molar-refractivity contribution in [3.63, 3.8) is 0 Å². The fraction of sp³-hybridized carbons (Fsp3) is 0.385. The molecule has 2 aromatic rings. The average Bonchev–Trinajstić information content (AvgIpc) is 2.86. The summed E-state index contributed by atoms with van der Waals surface area (Å²) < 4.78 is 10.3. The molecule has 1 aromatic heterocycles. The van der Waals surface area contributed by atoms with E-state index in [0.29, 0.717) is 37.9 Å². The summed E-state index contributed by atoms with van der Waals surface area (Å²) in [5.74, 6) is 1.41. The molecule has 0 spiro atoms. The first-order chi connectivity index (χ1) is 9.28. The standard InChI is InChI=1S/C13H17N3O3/c1-2-18-8-7-12-15-13(19-16-12)9-14-10-3-5-11(17)6-4-10/h3-6,14,17H,2,7-9H2,1H3. The first-order valence-electron chi connectivity index (χ1n) is 6.20. The Labute approximate surface area is 111 Å². The summed E-state index contributed by atoms with van der Waals surface area (Å²) in [5.41, 5.74) is 0.881. The minimum atomic E-state index is 0.238. The van der Waals surface area contributed by atoms with Crippen LogP contribution in [0.5, 0.6) is 5.75 Å². The van der Waals surface area contributed by atoms with E-state index in [2.05, 4.69) is 15.5 Å². The smallest absolute Gasteiger partial charge is 0.245 e. The van der Waals surface area contributed by atoms with Gasteiger partial charge in [-0.2, -0.15) is 4.98 Å². The Morgan fingerprint density at radius 3 is 2.84 bits per heavy atom. The van der Waals surface area contributed by atoms with E-state index in [1.807, 2.05) is 6.92 Å². The zero-order chi connectivity index (χ0) is 13.5. The molecule has 19 heavy (non-hydrogen) atoms. The van der Waals surface area contributed by atoms with Crippen LogP contribution in [0.4, 0.5) is 5.69 Å². The fourth-order valence-corrected chi connectivity index (χ4v) is 1.53. The van der Waals surface area contributed by atoms with Crippen molar-refractivity contribution >= 4 is 5.69 Å². The van der Waals surface area contributed by atoms with E-state index in [0.717, 1.165) is 5.69 Å². The van der Waals surface area contributed by atoms with E-state index in [1.54, 1.807) is 24.3 Å². The molecule has 0 saturated carbocycles. The number of aromatic nitrogens is 2. The lowest BCUT2D eigenvalue weighted by Crippen LogP contribution is -2.01. The third-order valence-electron chi connectivity index (χ3n) is 2.50. The Bertz CT molecular complexity index is 496. The number of phenols is 1.